The molecule has 1 aliphatic carbocycles. The van der Waals surface area contributed by atoms with E-state index in [1.54, 1.807) is 0 Å². The normalized spacial score (nSPS) is 27.1. The first-order valence-corrected chi connectivity index (χ1v) is 11.0. The van der Waals surface area contributed by atoms with Crippen molar-refractivity contribution in [1.29, 1.82) is 0 Å². The van der Waals surface area contributed by atoms with Gasteiger partial charge in [0.15, 0.2) is 5.82 Å². The van der Waals surface area contributed by atoms with E-state index in [4.69, 9.17) is 9.51 Å². The molecule has 0 radical (unpaired) electrons. The summed E-state index contributed by atoms with van der Waals surface area (Å²) in [5, 5.41) is 4.27. The molecule has 27 heavy (non-hydrogen) atoms. The highest BCUT2D eigenvalue weighted by Crippen LogP contribution is 2.32. The van der Waals surface area contributed by atoms with Gasteiger partial charge in [0.1, 0.15) is 0 Å². The van der Waals surface area contributed by atoms with Crippen molar-refractivity contribution in [1.82, 2.24) is 19.9 Å². The van der Waals surface area contributed by atoms with E-state index < -0.39 is 0 Å². The zero-order valence-corrected chi connectivity index (χ0v) is 16.7. The molecule has 1 atom stereocenters. The van der Waals surface area contributed by atoms with E-state index in [1.807, 2.05) is 0 Å². The Labute approximate surface area is 162 Å². The largest absolute Gasteiger partial charge is 0.339 e. The molecule has 150 valence electrons. The van der Waals surface area contributed by atoms with Crippen molar-refractivity contribution in [2.45, 2.75) is 82.6 Å². The summed E-state index contributed by atoms with van der Waals surface area (Å²) in [5.74, 6) is 2.82. The second-order valence-corrected chi connectivity index (χ2v) is 8.93. The van der Waals surface area contributed by atoms with E-state index in [0.717, 1.165) is 57.0 Å². The Bertz CT molecular complexity index is 615. The van der Waals surface area contributed by atoms with Crippen molar-refractivity contribution in [3.63, 3.8) is 0 Å². The fourth-order valence-corrected chi connectivity index (χ4v) is 5.04. The summed E-state index contributed by atoms with van der Waals surface area (Å²) in [4.78, 5) is 21.8. The molecule has 0 N–H and O–H groups in total. The van der Waals surface area contributed by atoms with E-state index in [1.165, 1.54) is 38.5 Å². The Balaban J connectivity index is 1.36. The molecular weight excluding hydrogens is 340 g/mol. The van der Waals surface area contributed by atoms with Crippen LogP contribution < -0.4 is 0 Å². The van der Waals surface area contributed by atoms with Gasteiger partial charge in [-0.2, -0.15) is 4.98 Å². The molecule has 0 aromatic carbocycles. The summed E-state index contributed by atoms with van der Waals surface area (Å²) >= 11 is 0. The number of rotatable bonds is 4. The van der Waals surface area contributed by atoms with Crippen molar-refractivity contribution in [3.8, 4) is 0 Å². The molecule has 1 aromatic rings. The molecule has 1 saturated carbocycles. The van der Waals surface area contributed by atoms with Gasteiger partial charge in [0, 0.05) is 25.4 Å². The first-order valence-electron chi connectivity index (χ1n) is 11.0. The number of nitrogens with zero attached hydrogens (tertiary/aromatic N) is 4. The summed E-state index contributed by atoms with van der Waals surface area (Å²) < 4.78 is 5.65. The minimum atomic E-state index is 0.213. The van der Waals surface area contributed by atoms with Gasteiger partial charge in [0.2, 0.25) is 11.8 Å². The number of carbonyl (C=O) groups excluding carboxylic acids is 1. The van der Waals surface area contributed by atoms with Gasteiger partial charge in [0.05, 0.1) is 5.92 Å². The molecule has 1 amide bonds. The van der Waals surface area contributed by atoms with Crippen molar-refractivity contribution in [2.75, 3.05) is 26.7 Å². The van der Waals surface area contributed by atoms with Crippen molar-refractivity contribution in [3.05, 3.63) is 11.7 Å². The Morgan fingerprint density at radius 1 is 1.04 bits per heavy atom. The predicted octanol–water partition coefficient (Wildman–Crippen LogP) is 3.38. The fraction of sp³-hybridized carbons (Fsp3) is 0.857. The van der Waals surface area contributed by atoms with Crippen molar-refractivity contribution < 1.29 is 9.32 Å². The lowest BCUT2D eigenvalue weighted by molar-refractivity contribution is -0.136. The topological polar surface area (TPSA) is 62.5 Å². The summed E-state index contributed by atoms with van der Waals surface area (Å²) in [7, 11) is 2.19. The molecule has 3 aliphatic rings. The Morgan fingerprint density at radius 3 is 2.52 bits per heavy atom. The molecule has 0 bridgehead atoms. The lowest BCUT2D eigenvalue weighted by Crippen LogP contribution is -2.45. The number of hydrogen-bond acceptors (Lipinski definition) is 5. The van der Waals surface area contributed by atoms with E-state index in [-0.39, 0.29) is 5.92 Å². The Kier molecular flexibility index (Phi) is 6.11. The molecule has 1 aromatic heterocycles. The highest BCUT2D eigenvalue weighted by molar-refractivity contribution is 5.77. The lowest BCUT2D eigenvalue weighted by atomic mass is 9.93. The SMILES string of the molecule is CN1CCC(Cc2noc([C@H]3CCC(=O)N(C4CCCCCC4)C3)n2)CC1. The zero-order valence-electron chi connectivity index (χ0n) is 16.7. The minimum Gasteiger partial charge on any atom is -0.339 e. The molecule has 3 heterocycles. The zero-order chi connectivity index (χ0) is 18.6. The van der Waals surface area contributed by atoms with Crippen LogP contribution in [-0.2, 0) is 11.2 Å². The van der Waals surface area contributed by atoms with E-state index in [2.05, 4.69) is 22.0 Å². The van der Waals surface area contributed by atoms with E-state index >= 15 is 0 Å². The molecule has 3 fully saturated rings. The number of likely N-dealkylation sites (tertiary alicyclic amines) is 2. The summed E-state index contributed by atoms with van der Waals surface area (Å²) in [6.45, 7) is 3.09. The molecule has 2 aliphatic heterocycles. The van der Waals surface area contributed by atoms with Gasteiger partial charge in [-0.1, -0.05) is 30.8 Å². The van der Waals surface area contributed by atoms with Gasteiger partial charge in [-0.15, -0.1) is 0 Å². The summed E-state index contributed by atoms with van der Waals surface area (Å²) in [6, 6.07) is 0.421. The average Bonchev–Trinajstić information content (AvgIpc) is 2.97. The van der Waals surface area contributed by atoms with Gasteiger partial charge in [-0.05, 0) is 58.2 Å². The van der Waals surface area contributed by atoms with Gasteiger partial charge < -0.3 is 14.3 Å². The van der Waals surface area contributed by atoms with Gasteiger partial charge in [-0.25, -0.2) is 0 Å². The second-order valence-electron chi connectivity index (χ2n) is 8.93. The van der Waals surface area contributed by atoms with Crippen LogP contribution in [0.2, 0.25) is 0 Å². The maximum Gasteiger partial charge on any atom is 0.231 e. The summed E-state index contributed by atoms with van der Waals surface area (Å²) in [6.07, 6.45) is 12.3. The van der Waals surface area contributed by atoms with Gasteiger partial charge in [0.25, 0.3) is 0 Å². The average molecular weight is 375 g/mol. The third-order valence-corrected chi connectivity index (χ3v) is 6.85. The van der Waals surface area contributed by atoms with Crippen LogP contribution in [0.3, 0.4) is 0 Å². The van der Waals surface area contributed by atoms with E-state index in [9.17, 15) is 4.79 Å². The van der Waals surface area contributed by atoms with Gasteiger partial charge >= 0.3 is 0 Å². The molecule has 0 spiro atoms. The second kappa shape index (κ2) is 8.72. The lowest BCUT2D eigenvalue weighted by Gasteiger charge is -2.37. The van der Waals surface area contributed by atoms with Crippen LogP contribution in [0.5, 0.6) is 0 Å². The molecule has 6 heteroatoms. The Morgan fingerprint density at radius 2 is 1.78 bits per heavy atom. The maximum absolute atomic E-state index is 12.5. The molecular formula is C21H34N4O2. The predicted molar refractivity (Wildman–Crippen MR) is 103 cm³/mol. The quantitative estimate of drug-likeness (QED) is 0.756. The van der Waals surface area contributed by atoms with Crippen LogP contribution in [-0.4, -0.2) is 58.6 Å². The summed E-state index contributed by atoms with van der Waals surface area (Å²) in [5.41, 5.74) is 0. The number of piperidine rings is 2. The van der Waals surface area contributed by atoms with Gasteiger partial charge in [-0.3, -0.25) is 4.79 Å². The fourth-order valence-electron chi connectivity index (χ4n) is 5.04. The number of hydrogen-bond donors (Lipinski definition) is 0. The third-order valence-electron chi connectivity index (χ3n) is 6.85. The smallest absolute Gasteiger partial charge is 0.231 e. The first-order chi connectivity index (χ1) is 13.2. The standard InChI is InChI=1S/C21H34N4O2/c1-24-12-10-16(11-13-24)14-19-22-21(27-23-19)17-8-9-20(26)25(15-17)18-6-4-2-3-5-7-18/h16-18H,2-15H2,1H3/t17-/m0/s1. The molecule has 0 unspecified atom stereocenters. The van der Waals surface area contributed by atoms with Crippen molar-refractivity contribution >= 4 is 5.91 Å². The van der Waals surface area contributed by atoms with Crippen LogP contribution >= 0.6 is 0 Å². The Hall–Kier alpha value is -1.43. The highest BCUT2D eigenvalue weighted by atomic mass is 16.5. The number of aromatic nitrogens is 2. The van der Waals surface area contributed by atoms with Crippen LogP contribution in [0.15, 0.2) is 4.52 Å². The van der Waals surface area contributed by atoms with Crippen LogP contribution in [0, 0.1) is 5.92 Å². The van der Waals surface area contributed by atoms with Crippen molar-refractivity contribution in [2.24, 2.45) is 5.92 Å². The third kappa shape index (κ3) is 4.71. The highest BCUT2D eigenvalue weighted by Gasteiger charge is 2.34. The molecule has 6 nitrogen and oxygen atoms in total. The van der Waals surface area contributed by atoms with Crippen LogP contribution in [0.1, 0.15) is 81.8 Å². The number of carbonyl (C=O) groups is 1. The first kappa shape index (κ1) is 18.9. The minimum absolute atomic E-state index is 0.213. The van der Waals surface area contributed by atoms with Crippen LogP contribution in [0.4, 0.5) is 0 Å². The number of amides is 1. The van der Waals surface area contributed by atoms with Crippen LogP contribution in [0.25, 0.3) is 0 Å². The molecule has 2 saturated heterocycles. The maximum atomic E-state index is 12.5. The monoisotopic (exact) mass is 374 g/mol. The van der Waals surface area contributed by atoms with E-state index in [0.29, 0.717) is 24.3 Å². The molecule has 4 rings (SSSR count).